The Morgan fingerprint density at radius 3 is 2.27 bits per heavy atom. The Bertz CT molecular complexity index is 174. The van der Waals surface area contributed by atoms with Crippen molar-refractivity contribution in [2.45, 2.75) is 39.4 Å². The van der Waals surface area contributed by atoms with Crippen LogP contribution in [0, 0.1) is 23.2 Å². The first kappa shape index (κ1) is 7.70. The second kappa shape index (κ2) is 2.05. The van der Waals surface area contributed by atoms with Gasteiger partial charge in [0.2, 0.25) is 0 Å². The molecule has 11 heavy (non-hydrogen) atoms. The van der Waals surface area contributed by atoms with E-state index in [1.54, 1.807) is 0 Å². The van der Waals surface area contributed by atoms with Gasteiger partial charge in [0.15, 0.2) is 0 Å². The van der Waals surface area contributed by atoms with Gasteiger partial charge < -0.3 is 0 Å². The van der Waals surface area contributed by atoms with Crippen molar-refractivity contribution >= 4 is 7.85 Å². The van der Waals surface area contributed by atoms with Crippen LogP contribution in [0.25, 0.3) is 0 Å². The van der Waals surface area contributed by atoms with Crippen LogP contribution in [0.4, 0.5) is 0 Å². The summed E-state index contributed by atoms with van der Waals surface area (Å²) in [6.07, 6.45) is 2.71. The molecule has 0 aliphatic heterocycles. The van der Waals surface area contributed by atoms with Crippen molar-refractivity contribution < 1.29 is 0 Å². The van der Waals surface area contributed by atoms with Crippen LogP contribution in [-0.2, 0) is 0 Å². The molecule has 0 aromatic carbocycles. The molecule has 3 saturated carbocycles. The van der Waals surface area contributed by atoms with Crippen LogP contribution in [0.2, 0.25) is 5.82 Å². The van der Waals surface area contributed by atoms with Crippen molar-refractivity contribution in [2.75, 3.05) is 0 Å². The van der Waals surface area contributed by atoms with Crippen molar-refractivity contribution in [3.63, 3.8) is 0 Å². The Balaban J connectivity index is 2.17. The first-order chi connectivity index (χ1) is 5.03. The van der Waals surface area contributed by atoms with Crippen molar-refractivity contribution in [3.8, 4) is 0 Å². The van der Waals surface area contributed by atoms with E-state index in [2.05, 4.69) is 20.8 Å². The maximum absolute atomic E-state index is 6.02. The molecule has 3 fully saturated rings. The first-order valence-electron chi connectivity index (χ1n) is 4.79. The predicted molar refractivity (Wildman–Crippen MR) is 48.7 cm³/mol. The second-order valence-corrected chi connectivity index (χ2v) is 5.12. The molecule has 2 radical (unpaired) electrons. The highest BCUT2D eigenvalue weighted by Crippen LogP contribution is 2.63. The van der Waals surface area contributed by atoms with Gasteiger partial charge in [0.25, 0.3) is 0 Å². The molecular weight excluding hydrogens is 131 g/mol. The topological polar surface area (TPSA) is 0 Å². The highest BCUT2D eigenvalue weighted by molar-refractivity contribution is 6.12. The summed E-state index contributed by atoms with van der Waals surface area (Å²) in [5.74, 6) is 3.09. The summed E-state index contributed by atoms with van der Waals surface area (Å²) in [6, 6.07) is 0. The van der Waals surface area contributed by atoms with E-state index in [-0.39, 0.29) is 0 Å². The second-order valence-electron chi connectivity index (χ2n) is 5.12. The number of fused-ring (bicyclic) bond motifs is 2. The lowest BCUT2D eigenvalue weighted by atomic mass is 9.41. The molecule has 60 valence electrons. The summed E-state index contributed by atoms with van der Waals surface area (Å²) >= 11 is 0. The monoisotopic (exact) mass is 148 g/mol. The van der Waals surface area contributed by atoms with E-state index in [0.29, 0.717) is 11.2 Å². The third-order valence-electron chi connectivity index (χ3n) is 4.41. The molecular formula is C10H17B. The summed E-state index contributed by atoms with van der Waals surface area (Å²) in [6.45, 7) is 7.15. The minimum absolute atomic E-state index is 0.492. The van der Waals surface area contributed by atoms with Crippen LogP contribution in [0.15, 0.2) is 0 Å². The lowest BCUT2D eigenvalue weighted by Gasteiger charge is -2.62. The SMILES string of the molecule is [B]C1CC2CC([C@@H]1C)C2(C)C. The Hall–Kier alpha value is 0.0649. The molecule has 3 unspecified atom stereocenters. The molecule has 3 aliphatic rings. The predicted octanol–water partition coefficient (Wildman–Crippen LogP) is 2.65. The lowest BCUT2D eigenvalue weighted by Crippen LogP contribution is -2.53. The molecule has 0 N–H and O–H groups in total. The van der Waals surface area contributed by atoms with E-state index in [1.165, 1.54) is 12.8 Å². The van der Waals surface area contributed by atoms with Crippen LogP contribution >= 0.6 is 0 Å². The molecule has 2 bridgehead atoms. The van der Waals surface area contributed by atoms with Gasteiger partial charge in [0.1, 0.15) is 0 Å². The van der Waals surface area contributed by atoms with E-state index in [4.69, 9.17) is 7.85 Å². The third-order valence-corrected chi connectivity index (χ3v) is 4.41. The first-order valence-corrected chi connectivity index (χ1v) is 4.79. The zero-order chi connectivity index (χ0) is 8.22. The van der Waals surface area contributed by atoms with Crippen molar-refractivity contribution in [1.82, 2.24) is 0 Å². The van der Waals surface area contributed by atoms with Gasteiger partial charge in [-0.3, -0.25) is 0 Å². The molecule has 3 rings (SSSR count). The maximum Gasteiger partial charge on any atom is 0.0703 e. The highest BCUT2D eigenvalue weighted by atomic mass is 14.6. The van der Waals surface area contributed by atoms with Gasteiger partial charge in [-0.1, -0.05) is 33.0 Å². The van der Waals surface area contributed by atoms with E-state index < -0.39 is 0 Å². The normalized spacial score (nSPS) is 53.4. The van der Waals surface area contributed by atoms with Gasteiger partial charge in [0.05, 0.1) is 7.85 Å². The summed E-state index contributed by atoms with van der Waals surface area (Å²) < 4.78 is 0. The fraction of sp³-hybridized carbons (Fsp3) is 1.00. The average Bonchev–Trinajstić information content (AvgIpc) is 1.93. The fourth-order valence-corrected chi connectivity index (χ4v) is 3.19. The third kappa shape index (κ3) is 0.831. The van der Waals surface area contributed by atoms with E-state index in [1.807, 2.05) is 0 Å². The lowest BCUT2D eigenvalue weighted by molar-refractivity contribution is -0.0979. The van der Waals surface area contributed by atoms with Crippen LogP contribution in [0.3, 0.4) is 0 Å². The summed E-state index contributed by atoms with van der Waals surface area (Å²) in [4.78, 5) is 0. The van der Waals surface area contributed by atoms with Gasteiger partial charge in [-0.2, -0.15) is 0 Å². The van der Waals surface area contributed by atoms with E-state index >= 15 is 0 Å². The fourth-order valence-electron chi connectivity index (χ4n) is 3.19. The van der Waals surface area contributed by atoms with E-state index in [9.17, 15) is 0 Å². The van der Waals surface area contributed by atoms with Crippen LogP contribution in [0.1, 0.15) is 33.6 Å². The van der Waals surface area contributed by atoms with Crippen molar-refractivity contribution in [2.24, 2.45) is 23.2 Å². The molecule has 0 heterocycles. The van der Waals surface area contributed by atoms with Crippen molar-refractivity contribution in [3.05, 3.63) is 0 Å². The Labute approximate surface area is 71.2 Å². The zero-order valence-electron chi connectivity index (χ0n) is 7.80. The molecule has 4 atom stereocenters. The molecule has 0 saturated heterocycles. The van der Waals surface area contributed by atoms with Crippen LogP contribution in [-0.4, -0.2) is 7.85 Å². The Kier molecular flexibility index (Phi) is 1.44. The summed E-state index contributed by atoms with van der Waals surface area (Å²) in [7, 11) is 6.02. The molecule has 0 spiro atoms. The minimum atomic E-state index is 0.492. The largest absolute Gasteiger partial charge is 0.0743 e. The Morgan fingerprint density at radius 2 is 1.91 bits per heavy atom. The average molecular weight is 148 g/mol. The molecule has 0 aromatic rings. The van der Waals surface area contributed by atoms with E-state index in [0.717, 1.165) is 17.8 Å². The standard InChI is InChI=1S/C10H17B/c1-6-8-4-7(5-9(6)11)10(8,2)3/h6-9H,4-5H2,1-3H3/t6-,7?,8?,9?/m0/s1. The highest BCUT2D eigenvalue weighted by Gasteiger charge is 2.54. The van der Waals surface area contributed by atoms with Crippen molar-refractivity contribution in [1.29, 1.82) is 0 Å². The van der Waals surface area contributed by atoms with Gasteiger partial charge in [-0.15, -0.1) is 0 Å². The number of hydrogen-bond acceptors (Lipinski definition) is 0. The summed E-state index contributed by atoms with van der Waals surface area (Å²) in [5, 5.41) is 0. The van der Waals surface area contributed by atoms with Gasteiger partial charge in [-0.25, -0.2) is 0 Å². The van der Waals surface area contributed by atoms with Gasteiger partial charge in [0, 0.05) is 0 Å². The van der Waals surface area contributed by atoms with Crippen LogP contribution in [0.5, 0.6) is 0 Å². The smallest absolute Gasteiger partial charge is 0.0703 e. The number of hydrogen-bond donors (Lipinski definition) is 0. The van der Waals surface area contributed by atoms with Gasteiger partial charge >= 0.3 is 0 Å². The molecule has 3 aliphatic carbocycles. The van der Waals surface area contributed by atoms with Gasteiger partial charge in [-0.05, 0) is 29.6 Å². The van der Waals surface area contributed by atoms with Crippen LogP contribution < -0.4 is 0 Å². The maximum atomic E-state index is 6.02. The molecule has 1 heteroatoms. The summed E-state index contributed by atoms with van der Waals surface area (Å²) in [5.41, 5.74) is 0.606. The molecule has 0 aromatic heterocycles. The zero-order valence-corrected chi connectivity index (χ0v) is 7.80. The Morgan fingerprint density at radius 1 is 1.27 bits per heavy atom. The molecule has 0 amide bonds. The molecule has 0 nitrogen and oxygen atoms in total. The quantitative estimate of drug-likeness (QED) is 0.463. The number of rotatable bonds is 0. The minimum Gasteiger partial charge on any atom is -0.0743 e.